The van der Waals surface area contributed by atoms with E-state index < -0.39 is 25.0 Å². The van der Waals surface area contributed by atoms with Gasteiger partial charge in [0.2, 0.25) is 0 Å². The Hall–Kier alpha value is -0.880. The molecule has 1 aliphatic rings. The van der Waals surface area contributed by atoms with E-state index in [1.165, 1.54) is 0 Å². The van der Waals surface area contributed by atoms with Crippen molar-refractivity contribution in [2.75, 3.05) is 5.75 Å². The topological polar surface area (TPSA) is 46.5 Å². The van der Waals surface area contributed by atoms with Gasteiger partial charge in [-0.25, -0.2) is 0 Å². The van der Waals surface area contributed by atoms with Crippen LogP contribution in [0.2, 0.25) is 0 Å². The minimum Gasteiger partial charge on any atom is -0.199 e. The van der Waals surface area contributed by atoms with Gasteiger partial charge in [0.05, 0.1) is 4.90 Å². The van der Waals surface area contributed by atoms with Crippen molar-refractivity contribution in [1.82, 2.24) is 0 Å². The number of rotatable bonds is 5. The number of benzene rings is 2. The number of aryl methyl sites for hydroxylation is 2. The van der Waals surface area contributed by atoms with Gasteiger partial charge >= 0.3 is 0 Å². The van der Waals surface area contributed by atoms with E-state index in [-0.39, 0.29) is 10.8 Å². The Bertz CT molecular complexity index is 905. The molecule has 0 aromatic heterocycles. The molecule has 134 valence electrons. The third-order valence-electron chi connectivity index (χ3n) is 4.11. The highest BCUT2D eigenvalue weighted by Crippen LogP contribution is 2.53. The van der Waals surface area contributed by atoms with E-state index >= 15 is 0 Å². The molecule has 2 atom stereocenters. The second kappa shape index (κ2) is 7.03. The predicted octanol–water partition coefficient (Wildman–Crippen LogP) is 5.05. The van der Waals surface area contributed by atoms with Crippen LogP contribution in [0.15, 0.2) is 62.1 Å². The minimum absolute atomic E-state index is 0.0671. The molecule has 3 nitrogen and oxygen atoms in total. The smallest absolute Gasteiger partial charge is 0.199 e. The molecule has 0 bridgehead atoms. The summed E-state index contributed by atoms with van der Waals surface area (Å²) in [5, 5.41) is 0. The lowest BCUT2D eigenvalue weighted by Crippen LogP contribution is -2.08. The van der Waals surface area contributed by atoms with E-state index in [1.54, 1.807) is 24.3 Å². The molecular weight excluding hydrogens is 397 g/mol. The molecule has 1 fully saturated rings. The number of hydrogen-bond acceptors (Lipinski definition) is 2. The lowest BCUT2D eigenvalue weighted by molar-refractivity contribution is 0.598. The summed E-state index contributed by atoms with van der Waals surface area (Å²) in [4.78, 5) is 1.10. The SMILES string of the molecule is Cc1ccc(/S(CC2CC2(Cl)Cl)=N\S(=O)(=O)c2ccc(C)cc2)cc1. The van der Waals surface area contributed by atoms with Gasteiger partial charge in [-0.2, -0.15) is 8.42 Å². The molecule has 0 aliphatic heterocycles. The average molecular weight is 416 g/mol. The summed E-state index contributed by atoms with van der Waals surface area (Å²) >= 11 is 12.3. The fourth-order valence-corrected chi connectivity index (χ4v) is 6.87. The van der Waals surface area contributed by atoms with Gasteiger partial charge in [-0.1, -0.05) is 46.1 Å². The Kier molecular flexibility index (Phi) is 5.31. The van der Waals surface area contributed by atoms with Gasteiger partial charge in [-0.05, 0) is 44.5 Å². The highest BCUT2D eigenvalue weighted by atomic mass is 35.5. The van der Waals surface area contributed by atoms with Gasteiger partial charge in [0.1, 0.15) is 4.33 Å². The van der Waals surface area contributed by atoms with Crippen molar-refractivity contribution in [1.29, 1.82) is 0 Å². The largest absolute Gasteiger partial charge is 0.288 e. The quantitative estimate of drug-likeness (QED) is 0.641. The summed E-state index contributed by atoms with van der Waals surface area (Å²) in [6, 6.07) is 14.5. The van der Waals surface area contributed by atoms with Gasteiger partial charge in [-0.15, -0.1) is 27.0 Å². The molecule has 25 heavy (non-hydrogen) atoms. The van der Waals surface area contributed by atoms with Crippen molar-refractivity contribution in [3.63, 3.8) is 0 Å². The van der Waals surface area contributed by atoms with Crippen molar-refractivity contribution in [3.05, 3.63) is 59.7 Å². The van der Waals surface area contributed by atoms with Crippen LogP contribution in [-0.4, -0.2) is 18.5 Å². The van der Waals surface area contributed by atoms with Gasteiger partial charge in [0, 0.05) is 16.6 Å². The molecule has 2 aromatic carbocycles. The Balaban J connectivity index is 1.99. The van der Waals surface area contributed by atoms with Crippen LogP contribution >= 0.6 is 23.2 Å². The monoisotopic (exact) mass is 415 g/mol. The molecule has 3 rings (SSSR count). The fourth-order valence-electron chi connectivity index (χ4n) is 2.38. The molecule has 1 aliphatic carbocycles. The molecule has 0 saturated heterocycles. The standard InChI is InChI=1S/C18H19Cl2NO2S2/c1-13-3-7-16(8-4-13)24(12-15-11-18(15,19)20)21-25(22,23)17-9-5-14(2)6-10-17/h3-10,15H,11-12H2,1-2H3. The summed E-state index contributed by atoms with van der Waals surface area (Å²) in [6.45, 7) is 3.91. The fraction of sp³-hybridized carbons (Fsp3) is 0.333. The molecule has 0 heterocycles. The molecule has 2 aromatic rings. The van der Waals surface area contributed by atoms with Crippen LogP contribution in [0.25, 0.3) is 0 Å². The molecule has 0 radical (unpaired) electrons. The molecule has 0 N–H and O–H groups in total. The van der Waals surface area contributed by atoms with E-state index in [2.05, 4.69) is 3.77 Å². The normalized spacial score (nSPS) is 20.4. The molecule has 0 amide bonds. The summed E-state index contributed by atoms with van der Waals surface area (Å²) in [7, 11) is -4.56. The van der Waals surface area contributed by atoms with Gasteiger partial charge in [-0.3, -0.25) is 0 Å². The number of nitrogens with zero attached hydrogens (tertiary/aromatic N) is 1. The molecule has 2 unspecified atom stereocenters. The number of alkyl halides is 2. The predicted molar refractivity (Wildman–Crippen MR) is 105 cm³/mol. The van der Waals surface area contributed by atoms with Crippen molar-refractivity contribution < 1.29 is 8.42 Å². The second-order valence-electron chi connectivity index (χ2n) is 6.37. The highest BCUT2D eigenvalue weighted by molar-refractivity contribution is 8.00. The maximum absolute atomic E-state index is 12.7. The maximum Gasteiger partial charge on any atom is 0.288 e. The Morgan fingerprint density at radius 3 is 2.00 bits per heavy atom. The van der Waals surface area contributed by atoms with Crippen LogP contribution in [0.1, 0.15) is 17.5 Å². The average Bonchev–Trinajstić information content (AvgIpc) is 3.14. The third-order valence-corrected chi connectivity index (χ3v) is 8.95. The number of hydrogen-bond donors (Lipinski definition) is 0. The zero-order valence-corrected chi connectivity index (χ0v) is 17.1. The van der Waals surface area contributed by atoms with Crippen LogP contribution in [0.3, 0.4) is 0 Å². The first-order valence-electron chi connectivity index (χ1n) is 7.87. The lowest BCUT2D eigenvalue weighted by Gasteiger charge is -2.10. The summed E-state index contributed by atoms with van der Waals surface area (Å²) in [5.74, 6) is 0.610. The minimum atomic E-state index is -3.74. The second-order valence-corrected chi connectivity index (χ2v) is 11.5. The van der Waals surface area contributed by atoms with Crippen LogP contribution in [0.4, 0.5) is 0 Å². The van der Waals surface area contributed by atoms with Crippen molar-refractivity contribution in [2.45, 2.75) is 34.4 Å². The maximum atomic E-state index is 12.7. The Morgan fingerprint density at radius 2 is 1.52 bits per heavy atom. The lowest BCUT2D eigenvalue weighted by atomic mass is 10.2. The highest BCUT2D eigenvalue weighted by Gasteiger charge is 2.51. The first-order valence-corrected chi connectivity index (χ1v) is 11.4. The Morgan fingerprint density at radius 1 is 1.04 bits per heavy atom. The van der Waals surface area contributed by atoms with Crippen LogP contribution < -0.4 is 0 Å². The van der Waals surface area contributed by atoms with Gasteiger partial charge < -0.3 is 0 Å². The first kappa shape index (κ1) is 18.9. The van der Waals surface area contributed by atoms with Crippen LogP contribution in [0.5, 0.6) is 0 Å². The zero-order valence-electron chi connectivity index (χ0n) is 13.9. The summed E-state index contributed by atoms with van der Waals surface area (Å²) in [6.07, 6.45) is 0.672. The molecular formula is C18H19Cl2NO2S2. The summed E-state index contributed by atoms with van der Waals surface area (Å²) in [5.41, 5.74) is 2.12. The number of halogens is 2. The van der Waals surface area contributed by atoms with Crippen LogP contribution in [0, 0.1) is 19.8 Å². The van der Waals surface area contributed by atoms with E-state index in [4.69, 9.17) is 23.2 Å². The van der Waals surface area contributed by atoms with E-state index in [9.17, 15) is 8.42 Å². The zero-order chi connectivity index (χ0) is 18.2. The van der Waals surface area contributed by atoms with E-state index in [0.29, 0.717) is 12.2 Å². The summed E-state index contributed by atoms with van der Waals surface area (Å²) < 4.78 is 28.9. The van der Waals surface area contributed by atoms with E-state index in [0.717, 1.165) is 16.0 Å². The first-order chi connectivity index (χ1) is 11.7. The molecule has 1 saturated carbocycles. The van der Waals surface area contributed by atoms with E-state index in [1.807, 2.05) is 38.1 Å². The van der Waals surface area contributed by atoms with Crippen LogP contribution in [-0.2, 0) is 20.7 Å². The number of sulfonamides is 1. The Labute approximate surface area is 161 Å². The third kappa shape index (κ3) is 4.64. The molecule has 7 heteroatoms. The van der Waals surface area contributed by atoms with Gasteiger partial charge in [0.25, 0.3) is 10.0 Å². The molecule has 0 spiro atoms. The van der Waals surface area contributed by atoms with Crippen molar-refractivity contribution in [3.8, 4) is 0 Å². The van der Waals surface area contributed by atoms with Crippen molar-refractivity contribution in [2.24, 2.45) is 9.69 Å². The van der Waals surface area contributed by atoms with Gasteiger partial charge in [0.15, 0.2) is 0 Å². The van der Waals surface area contributed by atoms with Crippen molar-refractivity contribution >= 4 is 43.9 Å².